The van der Waals surface area contributed by atoms with Crippen molar-refractivity contribution < 1.29 is 9.90 Å². The smallest absolute Gasteiger partial charge is 0.303 e. The average molecular weight is 441 g/mol. The lowest BCUT2D eigenvalue weighted by Gasteiger charge is -2.12. The van der Waals surface area contributed by atoms with E-state index in [1.165, 1.54) is 0 Å². The fourth-order valence-electron chi connectivity index (χ4n) is 3.73. The molecule has 0 aliphatic heterocycles. The van der Waals surface area contributed by atoms with Crippen LogP contribution in [0.15, 0.2) is 72.8 Å². The van der Waals surface area contributed by atoms with E-state index in [-0.39, 0.29) is 6.42 Å². The number of carboxylic acids is 1. The van der Waals surface area contributed by atoms with Gasteiger partial charge in [0.2, 0.25) is 0 Å². The van der Waals surface area contributed by atoms with Gasteiger partial charge in [-0.3, -0.25) is 4.79 Å². The molecule has 3 aromatic carbocycles. The Bertz CT molecular complexity index is 1220. The second-order valence-electron chi connectivity index (χ2n) is 8.17. The van der Waals surface area contributed by atoms with Crippen LogP contribution in [-0.4, -0.2) is 42.2 Å². The first kappa shape index (κ1) is 22.1. The van der Waals surface area contributed by atoms with Gasteiger partial charge in [-0.25, -0.2) is 4.98 Å². The van der Waals surface area contributed by atoms with Crippen molar-refractivity contribution in [3.05, 3.63) is 78.4 Å². The molecule has 4 aromatic rings. The minimum atomic E-state index is -0.788. The van der Waals surface area contributed by atoms with Gasteiger partial charge in [-0.2, -0.15) is 0 Å². The summed E-state index contributed by atoms with van der Waals surface area (Å²) in [6, 6.07) is 24.5. The van der Waals surface area contributed by atoms with Gasteiger partial charge in [-0.1, -0.05) is 48.5 Å². The normalized spacial score (nSPS) is 10.8. The zero-order chi connectivity index (χ0) is 23.4. The molecule has 4 rings (SSSR count). The number of imidazole rings is 1. The van der Waals surface area contributed by atoms with Crippen LogP contribution in [0.2, 0.25) is 0 Å². The molecule has 168 valence electrons. The van der Waals surface area contributed by atoms with Crippen molar-refractivity contribution in [2.75, 3.05) is 31.4 Å². The first-order valence-electron chi connectivity index (χ1n) is 10.9. The van der Waals surface area contributed by atoms with Gasteiger partial charge in [0.25, 0.3) is 0 Å². The van der Waals surface area contributed by atoms with Crippen molar-refractivity contribution in [1.29, 1.82) is 0 Å². The fourth-order valence-corrected chi connectivity index (χ4v) is 3.73. The van der Waals surface area contributed by atoms with Gasteiger partial charge in [0.05, 0.1) is 11.4 Å². The van der Waals surface area contributed by atoms with Crippen molar-refractivity contribution in [3.8, 4) is 33.9 Å². The summed E-state index contributed by atoms with van der Waals surface area (Å²) >= 11 is 0. The van der Waals surface area contributed by atoms with E-state index in [0.717, 1.165) is 50.8 Å². The maximum atomic E-state index is 10.8. The zero-order valence-corrected chi connectivity index (χ0v) is 19.1. The summed E-state index contributed by atoms with van der Waals surface area (Å²) in [5.41, 5.74) is 8.07. The zero-order valence-electron chi connectivity index (χ0n) is 19.1. The summed E-state index contributed by atoms with van der Waals surface area (Å²) in [5, 5.41) is 12.1. The third-order valence-corrected chi connectivity index (χ3v) is 5.68. The van der Waals surface area contributed by atoms with Crippen LogP contribution < -0.4 is 10.2 Å². The Kier molecular flexibility index (Phi) is 6.45. The minimum Gasteiger partial charge on any atom is -0.481 e. The van der Waals surface area contributed by atoms with Crippen LogP contribution in [0, 0.1) is 0 Å². The Morgan fingerprint density at radius 2 is 1.52 bits per heavy atom. The molecule has 0 atom stereocenters. The number of aromatic nitrogens is 2. The number of H-pyrrole nitrogens is 1. The molecule has 33 heavy (non-hydrogen) atoms. The molecule has 1 heterocycles. The Morgan fingerprint density at radius 1 is 0.909 bits per heavy atom. The SMILES string of the molecule is CNc1ccc(-c2[nH]c(-c3ccc(CCC(=O)O)cc3)nc2-c2ccc(N(C)C)cc2)cc1. The third-order valence-electron chi connectivity index (χ3n) is 5.68. The molecule has 6 nitrogen and oxygen atoms in total. The minimum absolute atomic E-state index is 0.125. The molecule has 0 fully saturated rings. The lowest BCUT2D eigenvalue weighted by atomic mass is 10.0. The topological polar surface area (TPSA) is 81.2 Å². The third kappa shape index (κ3) is 5.06. The highest BCUT2D eigenvalue weighted by molar-refractivity contribution is 5.82. The van der Waals surface area contributed by atoms with E-state index < -0.39 is 5.97 Å². The molecule has 1 aromatic heterocycles. The number of aryl methyl sites for hydroxylation is 1. The number of nitrogens with zero attached hydrogens (tertiary/aromatic N) is 2. The summed E-state index contributed by atoms with van der Waals surface area (Å²) in [4.78, 5) is 21.4. The van der Waals surface area contributed by atoms with E-state index in [1.807, 2.05) is 57.5 Å². The molecule has 3 N–H and O–H groups in total. The number of carboxylic acid groups (broad SMARTS) is 1. The molecule has 0 saturated carbocycles. The van der Waals surface area contributed by atoms with Crippen LogP contribution in [0.5, 0.6) is 0 Å². The maximum Gasteiger partial charge on any atom is 0.303 e. The van der Waals surface area contributed by atoms with E-state index in [1.54, 1.807) is 0 Å². The number of carbonyl (C=O) groups is 1. The molecular formula is C27H28N4O2. The lowest BCUT2D eigenvalue weighted by Crippen LogP contribution is -2.07. The van der Waals surface area contributed by atoms with Crippen molar-refractivity contribution in [3.63, 3.8) is 0 Å². The quantitative estimate of drug-likeness (QED) is 0.335. The van der Waals surface area contributed by atoms with Crippen molar-refractivity contribution in [2.45, 2.75) is 12.8 Å². The number of rotatable bonds is 8. The Morgan fingerprint density at radius 3 is 2.09 bits per heavy atom. The Balaban J connectivity index is 1.73. The van der Waals surface area contributed by atoms with E-state index in [0.29, 0.717) is 6.42 Å². The number of aliphatic carboxylic acids is 1. The first-order valence-corrected chi connectivity index (χ1v) is 10.9. The maximum absolute atomic E-state index is 10.8. The van der Waals surface area contributed by atoms with E-state index in [2.05, 4.69) is 51.6 Å². The summed E-state index contributed by atoms with van der Waals surface area (Å²) in [6.07, 6.45) is 0.639. The number of hydrogen-bond donors (Lipinski definition) is 3. The second kappa shape index (κ2) is 9.61. The van der Waals surface area contributed by atoms with E-state index in [4.69, 9.17) is 10.1 Å². The van der Waals surface area contributed by atoms with Crippen LogP contribution in [0.1, 0.15) is 12.0 Å². The summed E-state index contributed by atoms with van der Waals surface area (Å²) < 4.78 is 0. The number of benzene rings is 3. The average Bonchev–Trinajstić information content (AvgIpc) is 3.28. The van der Waals surface area contributed by atoms with Crippen LogP contribution in [0.3, 0.4) is 0 Å². The van der Waals surface area contributed by atoms with Gasteiger partial charge in [-0.05, 0) is 36.2 Å². The monoisotopic (exact) mass is 440 g/mol. The molecule has 0 bridgehead atoms. The highest BCUT2D eigenvalue weighted by Gasteiger charge is 2.16. The van der Waals surface area contributed by atoms with E-state index in [9.17, 15) is 4.79 Å². The van der Waals surface area contributed by atoms with Crippen LogP contribution in [0.4, 0.5) is 11.4 Å². The molecule has 0 saturated heterocycles. The van der Waals surface area contributed by atoms with Crippen molar-refractivity contribution in [2.24, 2.45) is 0 Å². The highest BCUT2D eigenvalue weighted by Crippen LogP contribution is 2.34. The number of hydrogen-bond acceptors (Lipinski definition) is 4. The van der Waals surface area contributed by atoms with Gasteiger partial charge < -0.3 is 20.3 Å². The lowest BCUT2D eigenvalue weighted by molar-refractivity contribution is -0.136. The predicted molar refractivity (Wildman–Crippen MR) is 135 cm³/mol. The Hall–Kier alpha value is -4.06. The van der Waals surface area contributed by atoms with Gasteiger partial charge in [0.15, 0.2) is 0 Å². The molecule has 0 radical (unpaired) electrons. The van der Waals surface area contributed by atoms with Gasteiger partial charge >= 0.3 is 5.97 Å². The second-order valence-corrected chi connectivity index (χ2v) is 8.17. The van der Waals surface area contributed by atoms with Crippen LogP contribution in [-0.2, 0) is 11.2 Å². The van der Waals surface area contributed by atoms with Crippen LogP contribution >= 0.6 is 0 Å². The molecule has 0 spiro atoms. The first-order chi connectivity index (χ1) is 15.9. The van der Waals surface area contributed by atoms with Crippen molar-refractivity contribution in [1.82, 2.24) is 9.97 Å². The Labute approximate surface area is 193 Å². The number of aromatic amines is 1. The summed E-state index contributed by atoms with van der Waals surface area (Å²) in [5.74, 6) is -0.0110. The van der Waals surface area contributed by atoms with Crippen molar-refractivity contribution >= 4 is 17.3 Å². The number of nitrogens with one attached hydrogen (secondary N) is 2. The molecule has 0 amide bonds. The molecule has 0 aliphatic carbocycles. The molecular weight excluding hydrogens is 412 g/mol. The molecule has 0 unspecified atom stereocenters. The largest absolute Gasteiger partial charge is 0.481 e. The highest BCUT2D eigenvalue weighted by atomic mass is 16.4. The standard InChI is InChI=1S/C27H28N4O2/c1-28-22-13-9-19(10-14-22)25-26(20-11-15-23(16-12-20)31(2)3)30-27(29-25)21-7-4-18(5-8-21)6-17-24(32)33/h4-5,7-16,28H,6,17H2,1-3H3,(H,29,30)(H,32,33). The fraction of sp³-hybridized carbons (Fsp3) is 0.185. The summed E-state index contributed by atoms with van der Waals surface area (Å²) in [7, 11) is 5.95. The van der Waals surface area contributed by atoms with E-state index >= 15 is 0 Å². The molecule has 6 heteroatoms. The van der Waals surface area contributed by atoms with Gasteiger partial charge in [0, 0.05) is 55.6 Å². The van der Waals surface area contributed by atoms with Gasteiger partial charge in [-0.15, -0.1) is 0 Å². The van der Waals surface area contributed by atoms with Gasteiger partial charge in [0.1, 0.15) is 5.82 Å². The van der Waals surface area contributed by atoms with Crippen LogP contribution in [0.25, 0.3) is 33.9 Å². The predicted octanol–water partition coefficient (Wildman–Crippen LogP) is 5.54. The summed E-state index contributed by atoms with van der Waals surface area (Å²) in [6.45, 7) is 0. The molecule has 0 aliphatic rings. The number of anilines is 2.